The number of aromatic nitrogens is 1. The molecule has 2 heterocycles. The van der Waals surface area contributed by atoms with Crippen molar-refractivity contribution in [1.82, 2.24) is 4.98 Å². The summed E-state index contributed by atoms with van der Waals surface area (Å²) in [6.45, 7) is 2.80. The number of ether oxygens (including phenoxy) is 2. The minimum absolute atomic E-state index is 0.132. The lowest BCUT2D eigenvalue weighted by atomic mass is 9.88. The van der Waals surface area contributed by atoms with E-state index >= 15 is 0 Å². The number of rotatable bonds is 9. The Morgan fingerprint density at radius 1 is 1.33 bits per heavy atom. The van der Waals surface area contributed by atoms with E-state index in [2.05, 4.69) is 16.4 Å². The van der Waals surface area contributed by atoms with Gasteiger partial charge in [0, 0.05) is 29.9 Å². The van der Waals surface area contributed by atoms with Gasteiger partial charge in [0.05, 0.1) is 18.8 Å². The number of anilines is 2. The van der Waals surface area contributed by atoms with Gasteiger partial charge in [0.25, 0.3) is 0 Å². The van der Waals surface area contributed by atoms with Crippen LogP contribution in [0.2, 0.25) is 0 Å². The third-order valence-electron chi connectivity index (χ3n) is 6.05. The highest BCUT2D eigenvalue weighted by Crippen LogP contribution is 2.39. The van der Waals surface area contributed by atoms with E-state index in [0.717, 1.165) is 34.6 Å². The molecule has 2 aromatic heterocycles. The molecular weight excluding hydrogens is 496 g/mol. The van der Waals surface area contributed by atoms with Crippen LogP contribution < -0.4 is 15.0 Å². The molecule has 1 unspecified atom stereocenters. The molecule has 1 aliphatic carbocycles. The summed E-state index contributed by atoms with van der Waals surface area (Å²) in [5, 5.41) is 15.7. The first kappa shape index (κ1) is 25.7. The van der Waals surface area contributed by atoms with E-state index < -0.39 is 6.09 Å². The highest BCUT2D eigenvalue weighted by molar-refractivity contribution is 7.16. The number of hydrogen-bond acceptors (Lipinski definition) is 8. The number of thiazole rings is 1. The number of nitrogens with zero attached hydrogens (tertiary/aromatic N) is 3. The zero-order chi connectivity index (χ0) is 25.5. The zero-order valence-corrected chi connectivity index (χ0v) is 21.9. The van der Waals surface area contributed by atoms with Crippen LogP contribution in [0.4, 0.5) is 14.9 Å². The van der Waals surface area contributed by atoms with Gasteiger partial charge in [-0.15, -0.1) is 22.7 Å². The van der Waals surface area contributed by atoms with E-state index in [9.17, 15) is 14.9 Å². The molecular formula is C26H28N4O4S2. The van der Waals surface area contributed by atoms with Crippen LogP contribution in [0.3, 0.4) is 0 Å². The van der Waals surface area contributed by atoms with Crippen molar-refractivity contribution in [3.63, 3.8) is 0 Å². The number of hydrogen-bond donors (Lipinski definition) is 1. The monoisotopic (exact) mass is 524 g/mol. The average molecular weight is 525 g/mol. The number of benzene rings is 1. The molecule has 0 saturated heterocycles. The predicted octanol–water partition coefficient (Wildman–Crippen LogP) is 5.42. The Bertz CT molecular complexity index is 1250. The quantitative estimate of drug-likeness (QED) is 0.401. The van der Waals surface area contributed by atoms with Gasteiger partial charge in [-0.3, -0.25) is 9.69 Å². The van der Waals surface area contributed by atoms with Gasteiger partial charge in [0.1, 0.15) is 16.8 Å². The molecule has 1 aliphatic rings. The number of para-hydroxylation sites is 1. The summed E-state index contributed by atoms with van der Waals surface area (Å²) in [5.74, 6) is 0.823. The zero-order valence-electron chi connectivity index (χ0n) is 20.3. The number of amides is 2. The van der Waals surface area contributed by atoms with E-state index in [1.165, 1.54) is 27.6 Å². The van der Waals surface area contributed by atoms with Gasteiger partial charge in [0.15, 0.2) is 5.13 Å². The summed E-state index contributed by atoms with van der Waals surface area (Å²) in [6, 6.07) is 10.00. The summed E-state index contributed by atoms with van der Waals surface area (Å²) in [5.41, 5.74) is 2.54. The molecule has 0 spiro atoms. The van der Waals surface area contributed by atoms with Crippen molar-refractivity contribution < 1.29 is 19.1 Å². The molecule has 188 valence electrons. The van der Waals surface area contributed by atoms with Crippen LogP contribution in [-0.4, -0.2) is 37.2 Å². The fourth-order valence-electron chi connectivity index (χ4n) is 4.19. The summed E-state index contributed by atoms with van der Waals surface area (Å²) in [7, 11) is 1.64. The van der Waals surface area contributed by atoms with E-state index in [0.29, 0.717) is 48.2 Å². The molecule has 0 radical (unpaired) electrons. The van der Waals surface area contributed by atoms with Crippen LogP contribution >= 0.6 is 22.7 Å². The van der Waals surface area contributed by atoms with E-state index in [-0.39, 0.29) is 11.8 Å². The Morgan fingerprint density at radius 3 is 2.92 bits per heavy atom. The molecule has 10 heteroatoms. The summed E-state index contributed by atoms with van der Waals surface area (Å²) < 4.78 is 11.2. The topological polar surface area (TPSA) is 105 Å². The van der Waals surface area contributed by atoms with Crippen LogP contribution in [-0.2, 0) is 28.8 Å². The maximum absolute atomic E-state index is 12.7. The van der Waals surface area contributed by atoms with Gasteiger partial charge < -0.3 is 14.8 Å². The predicted molar refractivity (Wildman–Crippen MR) is 141 cm³/mol. The van der Waals surface area contributed by atoms with Gasteiger partial charge >= 0.3 is 6.09 Å². The first-order valence-electron chi connectivity index (χ1n) is 11.8. The highest BCUT2D eigenvalue weighted by atomic mass is 32.1. The van der Waals surface area contributed by atoms with Crippen molar-refractivity contribution in [2.45, 2.75) is 39.0 Å². The van der Waals surface area contributed by atoms with Gasteiger partial charge in [0.2, 0.25) is 5.91 Å². The number of thiophene rings is 1. The molecule has 2 amide bonds. The molecule has 0 saturated carbocycles. The summed E-state index contributed by atoms with van der Waals surface area (Å²) >= 11 is 2.82. The standard InChI is InChI=1S/C26H28N4O4S2/c1-3-33-21-7-5-4-6-18(21)9-11-23(31)29-24-20(15-27)19-10-8-17(14-22(19)36-24)16-34-26(32)30(2)25-28-12-13-35-25/h4-7,12-13,17H,3,8-11,14,16H2,1-2H3,(H,29,31). The third kappa shape index (κ3) is 6.04. The van der Waals surface area contributed by atoms with Crippen molar-refractivity contribution in [2.75, 3.05) is 30.5 Å². The molecule has 1 N–H and O–H groups in total. The first-order valence-corrected chi connectivity index (χ1v) is 13.5. The second-order valence-corrected chi connectivity index (χ2v) is 10.4. The lowest BCUT2D eigenvalue weighted by Gasteiger charge is -2.23. The third-order valence-corrected chi connectivity index (χ3v) is 8.07. The molecule has 0 fully saturated rings. The molecule has 3 aromatic rings. The molecule has 1 aromatic carbocycles. The van der Waals surface area contributed by atoms with Crippen LogP contribution in [0.1, 0.15) is 41.3 Å². The normalized spacial score (nSPS) is 14.4. The van der Waals surface area contributed by atoms with Crippen LogP contribution in [0.25, 0.3) is 0 Å². The number of aryl methyl sites for hydroxylation is 1. The van der Waals surface area contributed by atoms with Crippen molar-refractivity contribution >= 4 is 44.8 Å². The van der Waals surface area contributed by atoms with Gasteiger partial charge in [-0.05, 0) is 55.7 Å². The molecule has 1 atom stereocenters. The van der Waals surface area contributed by atoms with E-state index in [1.807, 2.05) is 36.6 Å². The Balaban J connectivity index is 1.34. The summed E-state index contributed by atoms with van der Waals surface area (Å²) in [4.78, 5) is 31.7. The van der Waals surface area contributed by atoms with Crippen molar-refractivity contribution in [3.8, 4) is 11.8 Å². The number of nitrogens with one attached hydrogen (secondary N) is 1. The number of fused-ring (bicyclic) bond motifs is 1. The van der Waals surface area contributed by atoms with Crippen molar-refractivity contribution in [2.24, 2.45) is 5.92 Å². The molecule has 8 nitrogen and oxygen atoms in total. The van der Waals surface area contributed by atoms with E-state index in [4.69, 9.17) is 9.47 Å². The highest BCUT2D eigenvalue weighted by Gasteiger charge is 2.28. The first-order chi connectivity index (χ1) is 17.5. The lowest BCUT2D eigenvalue weighted by molar-refractivity contribution is -0.116. The lowest BCUT2D eigenvalue weighted by Crippen LogP contribution is -2.29. The number of carbonyl (C=O) groups is 2. The van der Waals surface area contributed by atoms with E-state index in [1.54, 1.807) is 13.2 Å². The van der Waals surface area contributed by atoms with Crippen molar-refractivity contribution in [3.05, 3.63) is 57.4 Å². The Kier molecular flexibility index (Phi) is 8.57. The number of carbonyl (C=O) groups excluding carboxylic acids is 2. The SMILES string of the molecule is CCOc1ccccc1CCC(=O)Nc1sc2c(c1C#N)CCC(COC(=O)N(C)c1nccs1)C2. The maximum atomic E-state index is 12.7. The Labute approximate surface area is 218 Å². The summed E-state index contributed by atoms with van der Waals surface area (Å²) in [6.07, 6.45) is 4.30. The van der Waals surface area contributed by atoms with Crippen LogP contribution in [0.15, 0.2) is 35.8 Å². The fraction of sp³-hybridized carbons (Fsp3) is 0.385. The molecule has 0 aliphatic heterocycles. The minimum Gasteiger partial charge on any atom is -0.494 e. The van der Waals surface area contributed by atoms with Gasteiger partial charge in [-0.25, -0.2) is 9.78 Å². The Morgan fingerprint density at radius 2 is 2.17 bits per heavy atom. The Hall–Kier alpha value is -3.42. The fourth-order valence-corrected chi connectivity index (χ4v) is 6.12. The van der Waals surface area contributed by atoms with Crippen molar-refractivity contribution in [1.29, 1.82) is 5.26 Å². The second kappa shape index (κ2) is 12.0. The van der Waals surface area contributed by atoms with Crippen LogP contribution in [0.5, 0.6) is 5.75 Å². The smallest absolute Gasteiger partial charge is 0.415 e. The second-order valence-electron chi connectivity index (χ2n) is 8.47. The maximum Gasteiger partial charge on any atom is 0.415 e. The van der Waals surface area contributed by atoms with Crippen LogP contribution in [0, 0.1) is 17.2 Å². The largest absolute Gasteiger partial charge is 0.494 e. The molecule has 4 rings (SSSR count). The van der Waals surface area contributed by atoms with Gasteiger partial charge in [-0.1, -0.05) is 18.2 Å². The molecule has 36 heavy (non-hydrogen) atoms. The van der Waals surface area contributed by atoms with Gasteiger partial charge in [-0.2, -0.15) is 5.26 Å². The number of nitriles is 1. The molecule has 0 bridgehead atoms. The minimum atomic E-state index is -0.432. The average Bonchev–Trinajstić information content (AvgIpc) is 3.54.